The third-order valence-electron chi connectivity index (χ3n) is 2.32. The Hall–Kier alpha value is -0.0300. The minimum atomic E-state index is -0.433. The molecule has 1 aromatic carbocycles. The smallest absolute Gasteiger partial charge is 0.0608 e. The molecule has 1 unspecified atom stereocenters. The van der Waals surface area contributed by atoms with Crippen molar-refractivity contribution in [1.29, 1.82) is 0 Å². The van der Waals surface area contributed by atoms with Gasteiger partial charge in [-0.1, -0.05) is 22.0 Å². The first kappa shape index (κ1) is 14.0. The number of hydrogen-bond acceptors (Lipinski definition) is 3. The molecule has 0 saturated heterocycles. The molecule has 1 aromatic rings. The van der Waals surface area contributed by atoms with Crippen LogP contribution in [-0.2, 0) is 0 Å². The molecule has 90 valence electrons. The van der Waals surface area contributed by atoms with Gasteiger partial charge in [0.25, 0.3) is 0 Å². The molecule has 0 aliphatic rings. The van der Waals surface area contributed by atoms with E-state index in [4.69, 9.17) is 10.8 Å². The van der Waals surface area contributed by atoms with Gasteiger partial charge in [0.1, 0.15) is 0 Å². The van der Waals surface area contributed by atoms with Crippen molar-refractivity contribution in [1.82, 2.24) is 0 Å². The third-order valence-corrected chi connectivity index (χ3v) is 3.89. The predicted octanol–water partition coefficient (Wildman–Crippen LogP) is 3.03. The fraction of sp³-hybridized carbons (Fsp3) is 0.500. The maximum atomic E-state index is 9.01. The molecule has 16 heavy (non-hydrogen) atoms. The number of halogens is 1. The summed E-state index contributed by atoms with van der Waals surface area (Å²) in [6.45, 7) is 1.94. The van der Waals surface area contributed by atoms with E-state index in [1.165, 1.54) is 4.90 Å². The second-order valence-electron chi connectivity index (χ2n) is 4.22. The van der Waals surface area contributed by atoms with E-state index in [0.29, 0.717) is 0 Å². The minimum Gasteiger partial charge on any atom is -0.394 e. The number of thioether (sulfide) groups is 1. The Bertz CT molecular complexity index is 331. The highest BCUT2D eigenvalue weighted by Gasteiger charge is 2.15. The first-order valence-electron chi connectivity index (χ1n) is 5.32. The number of aliphatic hydroxyl groups is 1. The highest BCUT2D eigenvalue weighted by molar-refractivity contribution is 9.10. The molecule has 4 heteroatoms. The zero-order valence-electron chi connectivity index (χ0n) is 9.45. The molecule has 0 fully saturated rings. The van der Waals surface area contributed by atoms with Crippen molar-refractivity contribution in [3.05, 3.63) is 28.7 Å². The van der Waals surface area contributed by atoms with Gasteiger partial charge in [0, 0.05) is 14.9 Å². The number of rotatable bonds is 6. The van der Waals surface area contributed by atoms with Gasteiger partial charge in [-0.25, -0.2) is 0 Å². The molecule has 0 aliphatic heterocycles. The van der Waals surface area contributed by atoms with Crippen molar-refractivity contribution in [2.75, 3.05) is 12.4 Å². The molecule has 1 rings (SSSR count). The van der Waals surface area contributed by atoms with Crippen molar-refractivity contribution < 1.29 is 5.11 Å². The number of aliphatic hydroxyl groups excluding tert-OH is 1. The van der Waals surface area contributed by atoms with Gasteiger partial charge in [-0.05, 0) is 43.7 Å². The Morgan fingerprint density at radius 1 is 1.50 bits per heavy atom. The molecule has 0 heterocycles. The first-order chi connectivity index (χ1) is 7.53. The Labute approximate surface area is 110 Å². The normalized spacial score (nSPS) is 14.8. The van der Waals surface area contributed by atoms with Crippen molar-refractivity contribution in [3.63, 3.8) is 0 Å². The van der Waals surface area contributed by atoms with Gasteiger partial charge >= 0.3 is 0 Å². The molecule has 2 nitrogen and oxygen atoms in total. The SMILES string of the molecule is CC(N)(CO)CCCSc1cccc(Br)c1. The molecule has 0 saturated carbocycles. The van der Waals surface area contributed by atoms with Crippen LogP contribution in [0.4, 0.5) is 0 Å². The lowest BCUT2D eigenvalue weighted by Crippen LogP contribution is -2.40. The molecule has 0 radical (unpaired) electrons. The summed E-state index contributed by atoms with van der Waals surface area (Å²) in [6.07, 6.45) is 1.87. The predicted molar refractivity (Wildman–Crippen MR) is 73.8 cm³/mol. The van der Waals surface area contributed by atoms with Crippen LogP contribution in [-0.4, -0.2) is 23.0 Å². The average molecular weight is 304 g/mol. The highest BCUT2D eigenvalue weighted by Crippen LogP contribution is 2.23. The van der Waals surface area contributed by atoms with Crippen LogP contribution in [0.25, 0.3) is 0 Å². The van der Waals surface area contributed by atoms with Gasteiger partial charge in [0.15, 0.2) is 0 Å². The van der Waals surface area contributed by atoms with Crippen LogP contribution in [0.1, 0.15) is 19.8 Å². The fourth-order valence-electron chi connectivity index (χ4n) is 1.30. The number of nitrogens with two attached hydrogens (primary N) is 1. The second-order valence-corrected chi connectivity index (χ2v) is 6.31. The van der Waals surface area contributed by atoms with Gasteiger partial charge in [0.2, 0.25) is 0 Å². The molecular weight excluding hydrogens is 286 g/mol. The summed E-state index contributed by atoms with van der Waals surface area (Å²) in [5.41, 5.74) is 5.42. The molecule has 0 amide bonds. The maximum absolute atomic E-state index is 9.01. The molecule has 0 aromatic heterocycles. The van der Waals surface area contributed by atoms with Crippen molar-refractivity contribution in [2.24, 2.45) is 5.73 Å². The standard InChI is InChI=1S/C12H18BrNOS/c1-12(14,9-15)6-3-7-16-11-5-2-4-10(13)8-11/h2,4-5,8,15H,3,6-7,9,14H2,1H3. The van der Waals surface area contributed by atoms with Crippen LogP contribution < -0.4 is 5.73 Å². The second kappa shape index (κ2) is 6.64. The molecule has 0 bridgehead atoms. The van der Waals surface area contributed by atoms with E-state index < -0.39 is 5.54 Å². The van der Waals surface area contributed by atoms with Crippen molar-refractivity contribution in [2.45, 2.75) is 30.2 Å². The highest BCUT2D eigenvalue weighted by atomic mass is 79.9. The Kier molecular flexibility index (Phi) is 5.83. The Morgan fingerprint density at radius 3 is 2.88 bits per heavy atom. The van der Waals surface area contributed by atoms with Crippen LogP contribution in [0.5, 0.6) is 0 Å². The van der Waals surface area contributed by atoms with Crippen LogP contribution in [0.3, 0.4) is 0 Å². The average Bonchev–Trinajstić information content (AvgIpc) is 2.25. The summed E-state index contributed by atoms with van der Waals surface area (Å²) in [7, 11) is 0. The quantitative estimate of drug-likeness (QED) is 0.627. The lowest BCUT2D eigenvalue weighted by atomic mass is 9.99. The van der Waals surface area contributed by atoms with Crippen LogP contribution >= 0.6 is 27.7 Å². The number of hydrogen-bond donors (Lipinski definition) is 2. The lowest BCUT2D eigenvalue weighted by molar-refractivity contribution is 0.200. The van der Waals surface area contributed by atoms with E-state index in [1.807, 2.05) is 30.8 Å². The zero-order chi connectivity index (χ0) is 12.0. The third kappa shape index (κ3) is 5.34. The van der Waals surface area contributed by atoms with E-state index in [0.717, 1.165) is 23.1 Å². The van der Waals surface area contributed by atoms with Gasteiger partial charge < -0.3 is 10.8 Å². The summed E-state index contributed by atoms with van der Waals surface area (Å²) in [5, 5.41) is 9.01. The number of benzene rings is 1. The largest absolute Gasteiger partial charge is 0.394 e. The minimum absolute atomic E-state index is 0.0502. The fourth-order valence-corrected chi connectivity index (χ4v) is 2.76. The van der Waals surface area contributed by atoms with Gasteiger partial charge in [-0.15, -0.1) is 11.8 Å². The van der Waals surface area contributed by atoms with E-state index in [9.17, 15) is 0 Å². The summed E-state index contributed by atoms with van der Waals surface area (Å²) in [5.74, 6) is 1.03. The molecule has 0 spiro atoms. The molecule has 1 atom stereocenters. The van der Waals surface area contributed by atoms with E-state index >= 15 is 0 Å². The van der Waals surface area contributed by atoms with Crippen LogP contribution in [0, 0.1) is 0 Å². The van der Waals surface area contributed by atoms with E-state index in [1.54, 1.807) is 0 Å². The Balaban J connectivity index is 2.26. The van der Waals surface area contributed by atoms with Gasteiger partial charge in [-0.3, -0.25) is 0 Å². The molecule has 3 N–H and O–H groups in total. The van der Waals surface area contributed by atoms with E-state index in [-0.39, 0.29) is 6.61 Å². The lowest BCUT2D eigenvalue weighted by Gasteiger charge is -2.21. The van der Waals surface area contributed by atoms with Crippen LogP contribution in [0.15, 0.2) is 33.6 Å². The molecular formula is C12H18BrNOS. The van der Waals surface area contributed by atoms with Gasteiger partial charge in [-0.2, -0.15) is 0 Å². The van der Waals surface area contributed by atoms with Gasteiger partial charge in [0.05, 0.1) is 6.61 Å². The zero-order valence-corrected chi connectivity index (χ0v) is 11.9. The van der Waals surface area contributed by atoms with Crippen molar-refractivity contribution in [3.8, 4) is 0 Å². The topological polar surface area (TPSA) is 46.2 Å². The van der Waals surface area contributed by atoms with E-state index in [2.05, 4.69) is 28.1 Å². The Morgan fingerprint density at radius 2 is 2.25 bits per heavy atom. The maximum Gasteiger partial charge on any atom is 0.0608 e. The monoisotopic (exact) mass is 303 g/mol. The first-order valence-corrected chi connectivity index (χ1v) is 7.09. The summed E-state index contributed by atoms with van der Waals surface area (Å²) in [4.78, 5) is 1.26. The summed E-state index contributed by atoms with van der Waals surface area (Å²) < 4.78 is 1.11. The summed E-state index contributed by atoms with van der Waals surface area (Å²) in [6, 6.07) is 8.27. The summed E-state index contributed by atoms with van der Waals surface area (Å²) >= 11 is 5.27. The van der Waals surface area contributed by atoms with Crippen LogP contribution in [0.2, 0.25) is 0 Å². The molecule has 0 aliphatic carbocycles. The van der Waals surface area contributed by atoms with Crippen molar-refractivity contribution >= 4 is 27.7 Å².